The Labute approximate surface area is 181 Å². The van der Waals surface area contributed by atoms with Crippen LogP contribution in [0, 0.1) is 0 Å². The number of para-hydroxylation sites is 1. The van der Waals surface area contributed by atoms with Crippen molar-refractivity contribution in [3.63, 3.8) is 0 Å². The summed E-state index contributed by atoms with van der Waals surface area (Å²) in [5.41, 5.74) is 2.22. The molecule has 5 rings (SSSR count). The summed E-state index contributed by atoms with van der Waals surface area (Å²) in [5.74, 6) is 0. The number of benzene rings is 3. The Morgan fingerprint density at radius 3 is 1.84 bits per heavy atom. The van der Waals surface area contributed by atoms with Crippen molar-refractivity contribution in [1.82, 2.24) is 4.90 Å². The predicted molar refractivity (Wildman–Crippen MR) is 116 cm³/mol. The first kappa shape index (κ1) is 19.8. The van der Waals surface area contributed by atoms with E-state index in [1.54, 1.807) is 0 Å². The molecule has 2 saturated heterocycles. The van der Waals surface area contributed by atoms with Crippen LogP contribution >= 0.6 is 0 Å². The van der Waals surface area contributed by atoms with Gasteiger partial charge in [-0.25, -0.2) is 9.69 Å². The first-order valence-corrected chi connectivity index (χ1v) is 10.4. The summed E-state index contributed by atoms with van der Waals surface area (Å²) in [7, 11) is 0. The van der Waals surface area contributed by atoms with E-state index in [0.717, 1.165) is 11.1 Å². The maximum Gasteiger partial charge on any atom is 0.411 e. The molecule has 2 fully saturated rings. The van der Waals surface area contributed by atoms with E-state index in [4.69, 9.17) is 14.2 Å². The van der Waals surface area contributed by atoms with E-state index in [1.165, 1.54) is 0 Å². The van der Waals surface area contributed by atoms with Gasteiger partial charge in [-0.1, -0.05) is 78.9 Å². The molecule has 0 aliphatic carbocycles. The van der Waals surface area contributed by atoms with Gasteiger partial charge >= 0.3 is 6.09 Å². The number of amides is 1. The third-order valence-corrected chi connectivity index (χ3v) is 5.73. The monoisotopic (exact) mass is 416 g/mol. The van der Waals surface area contributed by atoms with E-state index in [9.17, 15) is 4.79 Å². The largest absolute Gasteiger partial charge is 0.447 e. The van der Waals surface area contributed by atoms with Crippen molar-refractivity contribution >= 4 is 11.8 Å². The standard InChI is InChI=1S/C25H24N2O4/c28-24(26-21-14-8-3-9-15-21)31-18-25-16-29-22(19-10-4-1-5-11-19)27(25)23(30-17-25)20-12-6-2-7-13-20/h1-15,22-23H,16-18H2,(H,26,28)/t22-,23+,25?. The Hall–Kier alpha value is -3.19. The molecule has 6 nitrogen and oxygen atoms in total. The molecule has 31 heavy (non-hydrogen) atoms. The molecular formula is C25H24N2O4. The second-order valence-electron chi connectivity index (χ2n) is 7.85. The number of carbonyl (C=O) groups is 1. The summed E-state index contributed by atoms with van der Waals surface area (Å²) in [6.07, 6.45) is -1.06. The lowest BCUT2D eigenvalue weighted by atomic mass is 10.0. The summed E-state index contributed by atoms with van der Waals surface area (Å²) in [5, 5.41) is 2.77. The zero-order valence-electron chi connectivity index (χ0n) is 17.0. The van der Waals surface area contributed by atoms with Crippen LogP contribution in [0.2, 0.25) is 0 Å². The normalized spacial score (nSPS) is 25.2. The van der Waals surface area contributed by atoms with Crippen molar-refractivity contribution in [2.75, 3.05) is 25.1 Å². The van der Waals surface area contributed by atoms with Crippen LogP contribution in [0.1, 0.15) is 23.6 Å². The zero-order valence-corrected chi connectivity index (χ0v) is 17.0. The average molecular weight is 416 g/mol. The molecule has 2 aliphatic heterocycles. The second-order valence-corrected chi connectivity index (χ2v) is 7.85. The number of hydrogen-bond acceptors (Lipinski definition) is 5. The van der Waals surface area contributed by atoms with Crippen molar-refractivity contribution in [2.24, 2.45) is 0 Å². The molecule has 3 atom stereocenters. The number of rotatable bonds is 5. The molecule has 0 spiro atoms. The quantitative estimate of drug-likeness (QED) is 0.651. The summed E-state index contributed by atoms with van der Waals surface area (Å²) in [6.45, 7) is 0.987. The van der Waals surface area contributed by atoms with E-state index < -0.39 is 11.6 Å². The first-order valence-electron chi connectivity index (χ1n) is 10.4. The molecule has 1 unspecified atom stereocenters. The maximum atomic E-state index is 12.4. The second kappa shape index (κ2) is 8.51. The number of ether oxygens (including phenoxy) is 3. The zero-order chi connectivity index (χ0) is 21.1. The minimum atomic E-state index is -0.560. The van der Waals surface area contributed by atoms with Crippen LogP contribution in [0.25, 0.3) is 0 Å². The number of nitrogens with zero attached hydrogens (tertiary/aromatic N) is 1. The highest BCUT2D eigenvalue weighted by Gasteiger charge is 2.57. The van der Waals surface area contributed by atoms with Crippen LogP contribution in [0.5, 0.6) is 0 Å². The average Bonchev–Trinajstić information content (AvgIpc) is 3.37. The van der Waals surface area contributed by atoms with Gasteiger partial charge in [0.25, 0.3) is 0 Å². The third-order valence-electron chi connectivity index (χ3n) is 5.73. The Kier molecular flexibility index (Phi) is 5.42. The van der Waals surface area contributed by atoms with Crippen molar-refractivity contribution in [2.45, 2.75) is 18.0 Å². The van der Waals surface area contributed by atoms with E-state index in [0.29, 0.717) is 18.9 Å². The highest BCUT2D eigenvalue weighted by molar-refractivity contribution is 5.84. The molecule has 2 heterocycles. The lowest BCUT2D eigenvalue weighted by Crippen LogP contribution is -2.49. The molecule has 158 valence electrons. The van der Waals surface area contributed by atoms with Crippen LogP contribution in [0.3, 0.4) is 0 Å². The van der Waals surface area contributed by atoms with Crippen LogP contribution in [-0.2, 0) is 14.2 Å². The summed E-state index contributed by atoms with van der Waals surface area (Å²) >= 11 is 0. The molecule has 0 saturated carbocycles. The topological polar surface area (TPSA) is 60.0 Å². The van der Waals surface area contributed by atoms with Crippen LogP contribution in [0.4, 0.5) is 10.5 Å². The number of anilines is 1. The summed E-state index contributed by atoms with van der Waals surface area (Å²) < 4.78 is 18.1. The van der Waals surface area contributed by atoms with Gasteiger partial charge in [-0.15, -0.1) is 0 Å². The smallest absolute Gasteiger partial charge is 0.411 e. The first-order chi connectivity index (χ1) is 15.3. The molecule has 0 aromatic heterocycles. The molecule has 1 N–H and O–H groups in total. The molecule has 6 heteroatoms. The van der Waals surface area contributed by atoms with Crippen LogP contribution in [-0.4, -0.2) is 36.4 Å². The van der Waals surface area contributed by atoms with Gasteiger partial charge in [-0.2, -0.15) is 0 Å². The van der Waals surface area contributed by atoms with Crippen molar-refractivity contribution in [1.29, 1.82) is 0 Å². The predicted octanol–water partition coefficient (Wildman–Crippen LogP) is 4.73. The van der Waals surface area contributed by atoms with Crippen molar-refractivity contribution in [3.8, 4) is 0 Å². The van der Waals surface area contributed by atoms with Gasteiger partial charge in [0.2, 0.25) is 0 Å². The maximum absolute atomic E-state index is 12.4. The Bertz CT molecular complexity index is 962. The van der Waals surface area contributed by atoms with Crippen LogP contribution < -0.4 is 5.32 Å². The van der Waals surface area contributed by atoms with Gasteiger partial charge in [0.1, 0.15) is 24.6 Å². The Balaban J connectivity index is 1.38. The van der Waals surface area contributed by atoms with E-state index in [2.05, 4.69) is 10.2 Å². The highest BCUT2D eigenvalue weighted by Crippen LogP contribution is 2.49. The molecular weight excluding hydrogens is 392 g/mol. The number of fused-ring (bicyclic) bond motifs is 1. The van der Waals surface area contributed by atoms with Gasteiger partial charge in [-0.05, 0) is 23.3 Å². The fraction of sp³-hybridized carbons (Fsp3) is 0.240. The van der Waals surface area contributed by atoms with Gasteiger partial charge < -0.3 is 14.2 Å². The molecule has 1 amide bonds. The van der Waals surface area contributed by atoms with Crippen molar-refractivity contribution in [3.05, 3.63) is 102 Å². The van der Waals surface area contributed by atoms with E-state index in [1.807, 2.05) is 91.0 Å². The third kappa shape index (κ3) is 3.93. The number of nitrogens with one attached hydrogen (secondary N) is 1. The minimum absolute atomic E-state index is 0.165. The van der Waals surface area contributed by atoms with Crippen LogP contribution in [0.15, 0.2) is 91.0 Å². The molecule has 2 aliphatic rings. The molecule has 3 aromatic rings. The lowest BCUT2D eigenvalue weighted by Gasteiger charge is -2.33. The van der Waals surface area contributed by atoms with Gasteiger partial charge in [0.15, 0.2) is 0 Å². The van der Waals surface area contributed by atoms with Gasteiger partial charge in [0, 0.05) is 5.69 Å². The fourth-order valence-electron chi connectivity index (χ4n) is 4.22. The van der Waals surface area contributed by atoms with E-state index in [-0.39, 0.29) is 19.1 Å². The van der Waals surface area contributed by atoms with E-state index >= 15 is 0 Å². The van der Waals surface area contributed by atoms with Crippen molar-refractivity contribution < 1.29 is 19.0 Å². The Morgan fingerprint density at radius 2 is 1.32 bits per heavy atom. The summed E-state index contributed by atoms with van der Waals surface area (Å²) in [4.78, 5) is 14.6. The Morgan fingerprint density at radius 1 is 0.839 bits per heavy atom. The fourth-order valence-corrected chi connectivity index (χ4v) is 4.22. The lowest BCUT2D eigenvalue weighted by molar-refractivity contribution is -0.0631. The number of hydrogen-bond donors (Lipinski definition) is 1. The molecule has 3 aromatic carbocycles. The minimum Gasteiger partial charge on any atom is -0.447 e. The SMILES string of the molecule is O=C(Nc1ccccc1)OCC12CO[C@H](c3ccccc3)N1[C@H](c1ccccc1)OC2. The van der Waals surface area contributed by atoms with Gasteiger partial charge in [-0.3, -0.25) is 5.32 Å². The molecule has 0 radical (unpaired) electrons. The molecule has 0 bridgehead atoms. The number of carbonyl (C=O) groups excluding carboxylic acids is 1. The van der Waals surface area contributed by atoms with Gasteiger partial charge in [0.05, 0.1) is 13.2 Å². The summed E-state index contributed by atoms with van der Waals surface area (Å²) in [6, 6.07) is 29.4. The highest BCUT2D eigenvalue weighted by atomic mass is 16.6.